The van der Waals surface area contributed by atoms with E-state index >= 15 is 0 Å². The third-order valence-corrected chi connectivity index (χ3v) is 4.99. The Morgan fingerprint density at radius 3 is 2.48 bits per heavy atom. The number of rotatable bonds is 6. The molecular weight excluding hydrogens is 264 g/mol. The molecule has 0 aromatic heterocycles. The molecule has 1 unspecified atom stereocenters. The van der Waals surface area contributed by atoms with Crippen molar-refractivity contribution >= 4 is 11.8 Å². The van der Waals surface area contributed by atoms with E-state index in [-0.39, 0.29) is 11.8 Å². The lowest BCUT2D eigenvalue weighted by Crippen LogP contribution is -2.47. The van der Waals surface area contributed by atoms with Crippen LogP contribution in [0.15, 0.2) is 0 Å². The predicted molar refractivity (Wildman–Crippen MR) is 81.6 cm³/mol. The molecule has 0 bridgehead atoms. The van der Waals surface area contributed by atoms with Crippen molar-refractivity contribution in [3.05, 3.63) is 0 Å². The van der Waals surface area contributed by atoms with E-state index in [2.05, 4.69) is 11.8 Å². The molecule has 3 aliphatic rings. The van der Waals surface area contributed by atoms with Gasteiger partial charge in [0, 0.05) is 32.1 Å². The van der Waals surface area contributed by atoms with Gasteiger partial charge < -0.3 is 9.80 Å². The molecule has 2 aliphatic carbocycles. The van der Waals surface area contributed by atoms with Gasteiger partial charge in [-0.1, -0.05) is 6.92 Å². The third-order valence-electron chi connectivity index (χ3n) is 4.99. The Bertz CT molecular complexity index is 402. The van der Waals surface area contributed by atoms with Crippen molar-refractivity contribution in [2.24, 2.45) is 17.8 Å². The molecule has 0 N–H and O–H groups in total. The molecule has 1 saturated heterocycles. The van der Waals surface area contributed by atoms with Gasteiger partial charge in [-0.15, -0.1) is 0 Å². The molecule has 3 fully saturated rings. The molecule has 2 amide bonds. The van der Waals surface area contributed by atoms with Crippen LogP contribution in [0.25, 0.3) is 0 Å². The van der Waals surface area contributed by atoms with Crippen LogP contribution >= 0.6 is 0 Å². The van der Waals surface area contributed by atoms with Crippen molar-refractivity contribution in [3.8, 4) is 0 Å². The standard InChI is InChI=1S/C17H28N2O2/c1-2-9-18(11-13-5-6-13)17(21)15-4-3-10-19(12-15)16(20)14-7-8-14/h13-15H,2-12H2,1H3. The zero-order chi connectivity index (χ0) is 14.8. The summed E-state index contributed by atoms with van der Waals surface area (Å²) < 4.78 is 0. The van der Waals surface area contributed by atoms with Gasteiger partial charge in [0.05, 0.1) is 5.92 Å². The molecular formula is C17H28N2O2. The van der Waals surface area contributed by atoms with Crippen LogP contribution in [0.1, 0.15) is 51.9 Å². The summed E-state index contributed by atoms with van der Waals surface area (Å²) in [5.41, 5.74) is 0. The van der Waals surface area contributed by atoms with Crippen molar-refractivity contribution in [2.75, 3.05) is 26.2 Å². The van der Waals surface area contributed by atoms with E-state index in [0.29, 0.717) is 18.4 Å². The Kier molecular flexibility index (Phi) is 4.51. The molecule has 3 rings (SSSR count). The van der Waals surface area contributed by atoms with Gasteiger partial charge >= 0.3 is 0 Å². The maximum atomic E-state index is 12.8. The molecule has 0 aromatic rings. The second-order valence-electron chi connectivity index (χ2n) is 7.13. The second kappa shape index (κ2) is 6.37. The fraction of sp³-hybridized carbons (Fsp3) is 0.882. The molecule has 0 aromatic carbocycles. The molecule has 4 nitrogen and oxygen atoms in total. The van der Waals surface area contributed by atoms with Gasteiger partial charge in [0.15, 0.2) is 0 Å². The van der Waals surface area contributed by atoms with Crippen molar-refractivity contribution in [2.45, 2.75) is 51.9 Å². The third kappa shape index (κ3) is 3.78. The first-order valence-corrected chi connectivity index (χ1v) is 8.76. The molecule has 0 spiro atoms. The van der Waals surface area contributed by atoms with Crippen molar-refractivity contribution in [1.82, 2.24) is 9.80 Å². The van der Waals surface area contributed by atoms with Gasteiger partial charge in [0.2, 0.25) is 11.8 Å². The van der Waals surface area contributed by atoms with Crippen molar-refractivity contribution in [3.63, 3.8) is 0 Å². The van der Waals surface area contributed by atoms with E-state index in [0.717, 1.165) is 57.7 Å². The highest BCUT2D eigenvalue weighted by atomic mass is 16.2. The smallest absolute Gasteiger partial charge is 0.227 e. The Morgan fingerprint density at radius 1 is 1.10 bits per heavy atom. The topological polar surface area (TPSA) is 40.6 Å². The summed E-state index contributed by atoms with van der Waals surface area (Å²) >= 11 is 0. The zero-order valence-corrected chi connectivity index (χ0v) is 13.2. The van der Waals surface area contributed by atoms with Crippen LogP contribution in [0, 0.1) is 17.8 Å². The van der Waals surface area contributed by atoms with E-state index in [1.807, 2.05) is 4.90 Å². The van der Waals surface area contributed by atoms with Crippen LogP contribution in [-0.2, 0) is 9.59 Å². The van der Waals surface area contributed by atoms with Gasteiger partial charge in [0.25, 0.3) is 0 Å². The number of piperidine rings is 1. The van der Waals surface area contributed by atoms with Crippen molar-refractivity contribution < 1.29 is 9.59 Å². The minimum Gasteiger partial charge on any atom is -0.342 e. The maximum Gasteiger partial charge on any atom is 0.227 e. The first-order chi connectivity index (χ1) is 10.2. The number of nitrogens with zero attached hydrogens (tertiary/aromatic N) is 2. The van der Waals surface area contributed by atoms with Crippen LogP contribution in [0.5, 0.6) is 0 Å². The minimum atomic E-state index is 0.0479. The van der Waals surface area contributed by atoms with E-state index in [1.165, 1.54) is 12.8 Å². The minimum absolute atomic E-state index is 0.0479. The Hall–Kier alpha value is -1.06. The van der Waals surface area contributed by atoms with Gasteiger partial charge in [-0.05, 0) is 50.9 Å². The van der Waals surface area contributed by atoms with E-state index < -0.39 is 0 Å². The summed E-state index contributed by atoms with van der Waals surface area (Å²) in [5, 5.41) is 0. The summed E-state index contributed by atoms with van der Waals surface area (Å²) in [6.45, 7) is 5.48. The molecule has 1 heterocycles. The monoisotopic (exact) mass is 292 g/mol. The highest BCUT2D eigenvalue weighted by Gasteiger charge is 2.38. The fourth-order valence-electron chi connectivity index (χ4n) is 3.40. The summed E-state index contributed by atoms with van der Waals surface area (Å²) in [7, 11) is 0. The largest absolute Gasteiger partial charge is 0.342 e. The molecule has 2 saturated carbocycles. The number of likely N-dealkylation sites (tertiary alicyclic amines) is 1. The van der Waals surface area contributed by atoms with E-state index in [9.17, 15) is 9.59 Å². The Labute approximate surface area is 127 Å². The number of carbonyl (C=O) groups excluding carboxylic acids is 2. The summed E-state index contributed by atoms with van der Waals surface area (Å²) in [5.74, 6) is 1.67. The quantitative estimate of drug-likeness (QED) is 0.753. The average Bonchev–Trinajstić information content (AvgIpc) is 3.38. The van der Waals surface area contributed by atoms with E-state index in [4.69, 9.17) is 0 Å². The normalized spacial score (nSPS) is 25.8. The Morgan fingerprint density at radius 2 is 1.86 bits per heavy atom. The maximum absolute atomic E-state index is 12.8. The average molecular weight is 292 g/mol. The molecule has 118 valence electrons. The van der Waals surface area contributed by atoms with Crippen molar-refractivity contribution in [1.29, 1.82) is 0 Å². The Balaban J connectivity index is 1.57. The number of hydrogen-bond acceptors (Lipinski definition) is 2. The number of amides is 2. The molecule has 1 aliphatic heterocycles. The van der Waals surface area contributed by atoms with Gasteiger partial charge in [-0.25, -0.2) is 0 Å². The lowest BCUT2D eigenvalue weighted by Gasteiger charge is -2.35. The first-order valence-electron chi connectivity index (χ1n) is 8.76. The summed E-state index contributed by atoms with van der Waals surface area (Å²) in [6.07, 6.45) is 7.64. The van der Waals surface area contributed by atoms with Crippen LogP contribution in [0.3, 0.4) is 0 Å². The lowest BCUT2D eigenvalue weighted by molar-refractivity contribution is -0.141. The number of carbonyl (C=O) groups is 2. The van der Waals surface area contributed by atoms with Crippen LogP contribution < -0.4 is 0 Å². The highest BCUT2D eigenvalue weighted by Crippen LogP contribution is 2.33. The summed E-state index contributed by atoms with van der Waals surface area (Å²) in [4.78, 5) is 29.0. The zero-order valence-electron chi connectivity index (χ0n) is 13.2. The predicted octanol–water partition coefficient (Wildman–Crippen LogP) is 2.28. The van der Waals surface area contributed by atoms with Gasteiger partial charge in [0.1, 0.15) is 0 Å². The van der Waals surface area contributed by atoms with Crippen LogP contribution in [0.2, 0.25) is 0 Å². The van der Waals surface area contributed by atoms with Gasteiger partial charge in [-0.3, -0.25) is 9.59 Å². The summed E-state index contributed by atoms with van der Waals surface area (Å²) in [6, 6.07) is 0. The van der Waals surface area contributed by atoms with Gasteiger partial charge in [-0.2, -0.15) is 0 Å². The lowest BCUT2D eigenvalue weighted by atomic mass is 9.95. The SMILES string of the molecule is CCCN(CC1CC1)C(=O)C1CCCN(C(=O)C2CC2)C1. The van der Waals surface area contributed by atoms with Crippen LogP contribution in [0.4, 0.5) is 0 Å². The van der Waals surface area contributed by atoms with E-state index in [1.54, 1.807) is 0 Å². The first kappa shape index (κ1) is 14.9. The highest BCUT2D eigenvalue weighted by molar-refractivity contribution is 5.83. The fourth-order valence-corrected chi connectivity index (χ4v) is 3.40. The molecule has 4 heteroatoms. The molecule has 1 atom stereocenters. The molecule has 21 heavy (non-hydrogen) atoms. The second-order valence-corrected chi connectivity index (χ2v) is 7.13. The number of hydrogen-bond donors (Lipinski definition) is 0. The van der Waals surface area contributed by atoms with Crippen LogP contribution in [-0.4, -0.2) is 47.8 Å². The molecule has 0 radical (unpaired) electrons.